The van der Waals surface area contributed by atoms with Crippen LogP contribution in [0.3, 0.4) is 0 Å². The van der Waals surface area contributed by atoms with Crippen LogP contribution >= 0.6 is 0 Å². The zero-order valence-electron chi connectivity index (χ0n) is 9.83. The van der Waals surface area contributed by atoms with Crippen molar-refractivity contribution in [2.45, 2.75) is 31.8 Å². The lowest BCUT2D eigenvalue weighted by molar-refractivity contribution is 0.490. The largest absolute Gasteiger partial charge is 0.371 e. The predicted octanol–water partition coefficient (Wildman–Crippen LogP) is 2.05. The highest BCUT2D eigenvalue weighted by Gasteiger charge is 2.26. The number of hydrogen-bond donors (Lipinski definition) is 1. The molecule has 0 amide bonds. The Morgan fingerprint density at radius 2 is 2.20 bits per heavy atom. The van der Waals surface area contributed by atoms with Gasteiger partial charge in [-0.15, -0.1) is 0 Å². The molecule has 0 spiro atoms. The number of fused-ring (bicyclic) bond motifs is 1. The van der Waals surface area contributed by atoms with Gasteiger partial charge in [0.2, 0.25) is 0 Å². The van der Waals surface area contributed by atoms with E-state index in [9.17, 15) is 0 Å². The molecule has 1 N–H and O–H groups in total. The van der Waals surface area contributed by atoms with Crippen LogP contribution in [0, 0.1) is 0 Å². The summed E-state index contributed by atoms with van der Waals surface area (Å²) in [7, 11) is 4.24. The highest BCUT2D eigenvalue weighted by molar-refractivity contribution is 5.58. The summed E-state index contributed by atoms with van der Waals surface area (Å²) in [5.74, 6) is 0. The predicted molar refractivity (Wildman–Crippen MR) is 65.5 cm³/mol. The fraction of sp³-hybridized carbons (Fsp3) is 0.538. The van der Waals surface area contributed by atoms with Gasteiger partial charge in [-0.05, 0) is 38.4 Å². The molecule has 0 saturated heterocycles. The third kappa shape index (κ3) is 2.00. The van der Waals surface area contributed by atoms with Gasteiger partial charge in [0.25, 0.3) is 0 Å². The Labute approximate surface area is 92.3 Å². The molecule has 1 aromatic rings. The molecule has 0 aromatic heterocycles. The van der Waals surface area contributed by atoms with Crippen molar-refractivity contribution in [1.82, 2.24) is 5.32 Å². The van der Waals surface area contributed by atoms with Crippen molar-refractivity contribution >= 4 is 5.69 Å². The number of para-hydroxylation sites is 1. The van der Waals surface area contributed by atoms with Gasteiger partial charge in [-0.3, -0.25) is 0 Å². The minimum atomic E-state index is 0.590. The molecule has 1 aliphatic rings. The molecule has 15 heavy (non-hydrogen) atoms. The van der Waals surface area contributed by atoms with Gasteiger partial charge in [0.1, 0.15) is 0 Å². The summed E-state index contributed by atoms with van der Waals surface area (Å²) >= 11 is 0. The molecule has 1 aliphatic heterocycles. The SMILES string of the molecule is CNC(C)CC1Cc2ccccc2N1C. The minimum absolute atomic E-state index is 0.590. The zero-order chi connectivity index (χ0) is 10.8. The number of anilines is 1. The van der Waals surface area contributed by atoms with Crippen LogP contribution in [0.25, 0.3) is 0 Å². The van der Waals surface area contributed by atoms with Crippen molar-refractivity contribution in [3.05, 3.63) is 29.8 Å². The second-order valence-electron chi connectivity index (χ2n) is 4.52. The van der Waals surface area contributed by atoms with Gasteiger partial charge < -0.3 is 10.2 Å². The van der Waals surface area contributed by atoms with Gasteiger partial charge in [0, 0.05) is 24.8 Å². The molecule has 1 heterocycles. The van der Waals surface area contributed by atoms with Crippen LogP contribution in [0.15, 0.2) is 24.3 Å². The maximum atomic E-state index is 3.31. The first-order valence-electron chi connectivity index (χ1n) is 5.70. The van der Waals surface area contributed by atoms with Gasteiger partial charge in [-0.2, -0.15) is 0 Å². The Morgan fingerprint density at radius 3 is 2.87 bits per heavy atom. The second kappa shape index (κ2) is 4.23. The number of nitrogens with zero attached hydrogens (tertiary/aromatic N) is 1. The Kier molecular flexibility index (Phi) is 2.96. The summed E-state index contributed by atoms with van der Waals surface area (Å²) in [4.78, 5) is 2.42. The summed E-state index contributed by atoms with van der Waals surface area (Å²) in [5.41, 5.74) is 2.90. The van der Waals surface area contributed by atoms with Crippen LogP contribution in [0.4, 0.5) is 5.69 Å². The lowest BCUT2D eigenvalue weighted by Crippen LogP contribution is -2.35. The van der Waals surface area contributed by atoms with Crippen molar-refractivity contribution in [2.75, 3.05) is 19.0 Å². The lowest BCUT2D eigenvalue weighted by atomic mass is 10.0. The smallest absolute Gasteiger partial charge is 0.0399 e. The van der Waals surface area contributed by atoms with Crippen LogP contribution in [0.2, 0.25) is 0 Å². The van der Waals surface area contributed by atoms with Crippen LogP contribution in [0.5, 0.6) is 0 Å². The molecule has 82 valence electrons. The topological polar surface area (TPSA) is 15.3 Å². The molecular formula is C13H20N2. The van der Waals surface area contributed by atoms with Gasteiger partial charge in [-0.25, -0.2) is 0 Å². The van der Waals surface area contributed by atoms with E-state index in [2.05, 4.69) is 48.5 Å². The Hall–Kier alpha value is -1.02. The van der Waals surface area contributed by atoms with E-state index in [4.69, 9.17) is 0 Å². The van der Waals surface area contributed by atoms with E-state index in [1.54, 1.807) is 0 Å². The van der Waals surface area contributed by atoms with Gasteiger partial charge in [0.15, 0.2) is 0 Å². The first kappa shape index (κ1) is 10.5. The van der Waals surface area contributed by atoms with Crippen molar-refractivity contribution in [3.8, 4) is 0 Å². The van der Waals surface area contributed by atoms with Crippen LogP contribution in [-0.2, 0) is 6.42 Å². The van der Waals surface area contributed by atoms with E-state index < -0.39 is 0 Å². The second-order valence-corrected chi connectivity index (χ2v) is 4.52. The molecule has 0 radical (unpaired) electrons. The van der Waals surface area contributed by atoms with Crippen LogP contribution in [0.1, 0.15) is 18.9 Å². The highest BCUT2D eigenvalue weighted by Crippen LogP contribution is 2.32. The molecule has 2 rings (SSSR count). The fourth-order valence-corrected chi connectivity index (χ4v) is 2.38. The Balaban J connectivity index is 2.10. The average Bonchev–Trinajstić information content (AvgIpc) is 2.57. The Morgan fingerprint density at radius 1 is 1.47 bits per heavy atom. The van der Waals surface area contributed by atoms with Crippen LogP contribution in [-0.4, -0.2) is 26.2 Å². The number of rotatable bonds is 3. The Bertz CT molecular complexity index is 335. The maximum absolute atomic E-state index is 3.31. The number of likely N-dealkylation sites (N-methyl/N-ethyl adjacent to an activating group) is 1. The van der Waals surface area contributed by atoms with Crippen molar-refractivity contribution in [1.29, 1.82) is 0 Å². The number of nitrogens with one attached hydrogen (secondary N) is 1. The number of benzene rings is 1. The quantitative estimate of drug-likeness (QED) is 0.810. The highest BCUT2D eigenvalue weighted by atomic mass is 15.2. The first-order chi connectivity index (χ1) is 7.22. The van der Waals surface area contributed by atoms with Gasteiger partial charge in [-0.1, -0.05) is 18.2 Å². The molecule has 0 bridgehead atoms. The molecule has 2 unspecified atom stereocenters. The van der Waals surface area contributed by atoms with E-state index in [0.29, 0.717) is 12.1 Å². The normalized spacial score (nSPS) is 21.5. The standard InChI is InChI=1S/C13H20N2/c1-10(14-2)8-12-9-11-6-4-5-7-13(11)15(12)3/h4-7,10,12,14H,8-9H2,1-3H3. The zero-order valence-corrected chi connectivity index (χ0v) is 9.83. The molecule has 0 saturated carbocycles. The summed E-state index contributed by atoms with van der Waals surface area (Å²) in [5, 5.41) is 3.31. The van der Waals surface area contributed by atoms with E-state index in [1.165, 1.54) is 24.1 Å². The maximum Gasteiger partial charge on any atom is 0.0399 e. The van der Waals surface area contributed by atoms with Crippen molar-refractivity contribution in [3.63, 3.8) is 0 Å². The number of hydrogen-bond acceptors (Lipinski definition) is 2. The summed E-state index contributed by atoms with van der Waals surface area (Å²) in [6.45, 7) is 2.25. The minimum Gasteiger partial charge on any atom is -0.371 e. The van der Waals surface area contributed by atoms with E-state index >= 15 is 0 Å². The summed E-state index contributed by atoms with van der Waals surface area (Å²) < 4.78 is 0. The van der Waals surface area contributed by atoms with E-state index in [1.807, 2.05) is 7.05 Å². The first-order valence-corrected chi connectivity index (χ1v) is 5.70. The molecule has 2 heteroatoms. The fourth-order valence-electron chi connectivity index (χ4n) is 2.38. The summed E-state index contributed by atoms with van der Waals surface area (Å²) in [6.07, 6.45) is 2.40. The van der Waals surface area contributed by atoms with Gasteiger partial charge in [0.05, 0.1) is 0 Å². The molecule has 0 fully saturated rings. The molecular weight excluding hydrogens is 184 g/mol. The van der Waals surface area contributed by atoms with Crippen LogP contribution < -0.4 is 10.2 Å². The monoisotopic (exact) mass is 204 g/mol. The van der Waals surface area contributed by atoms with E-state index in [-0.39, 0.29) is 0 Å². The molecule has 2 nitrogen and oxygen atoms in total. The summed E-state index contributed by atoms with van der Waals surface area (Å²) in [6, 6.07) is 9.97. The van der Waals surface area contributed by atoms with Crippen molar-refractivity contribution in [2.24, 2.45) is 0 Å². The molecule has 1 aromatic carbocycles. The molecule has 0 aliphatic carbocycles. The average molecular weight is 204 g/mol. The van der Waals surface area contributed by atoms with Gasteiger partial charge >= 0.3 is 0 Å². The van der Waals surface area contributed by atoms with Crippen molar-refractivity contribution < 1.29 is 0 Å². The molecule has 2 atom stereocenters. The third-order valence-corrected chi connectivity index (χ3v) is 3.49. The van der Waals surface area contributed by atoms with E-state index in [0.717, 1.165) is 0 Å². The lowest BCUT2D eigenvalue weighted by Gasteiger charge is -2.25. The third-order valence-electron chi connectivity index (χ3n) is 3.49.